The van der Waals surface area contributed by atoms with Crippen LogP contribution < -0.4 is 26.0 Å². The fraction of sp³-hybridized carbons (Fsp3) is 0.484. The first-order valence-electron chi connectivity index (χ1n) is 15.1. The summed E-state index contributed by atoms with van der Waals surface area (Å²) < 4.78 is 0. The average Bonchev–Trinajstić information content (AvgIpc) is 3.32. The van der Waals surface area contributed by atoms with E-state index in [4.69, 9.17) is 5.11 Å². The van der Waals surface area contributed by atoms with Gasteiger partial charge in [0.25, 0.3) is 0 Å². The zero-order valence-corrected chi connectivity index (χ0v) is 24.4. The molecule has 12 heteroatoms. The van der Waals surface area contributed by atoms with Crippen LogP contribution in [0, 0.1) is 11.8 Å². The zero-order chi connectivity index (χ0) is 30.1. The molecule has 4 heterocycles. The fourth-order valence-electron chi connectivity index (χ4n) is 7.03. The van der Waals surface area contributed by atoms with Crippen LogP contribution in [0.5, 0.6) is 0 Å². The highest BCUT2D eigenvalue weighted by Gasteiger charge is 2.54. The Bertz CT molecular complexity index is 1370. The highest BCUT2D eigenvalue weighted by Crippen LogP contribution is 2.39. The van der Waals surface area contributed by atoms with Crippen LogP contribution >= 0.6 is 0 Å². The van der Waals surface area contributed by atoms with Gasteiger partial charge in [-0.15, -0.1) is 0 Å². The van der Waals surface area contributed by atoms with Crippen molar-refractivity contribution in [2.75, 3.05) is 62.7 Å². The lowest BCUT2D eigenvalue weighted by Crippen LogP contribution is -2.60. The van der Waals surface area contributed by atoms with E-state index in [1.54, 1.807) is 19.2 Å². The first-order chi connectivity index (χ1) is 20.7. The molecule has 0 aromatic heterocycles. The minimum Gasteiger partial charge on any atom is -0.478 e. The number of benzene rings is 2. The lowest BCUT2D eigenvalue weighted by Gasteiger charge is -2.42. The molecule has 228 valence electrons. The summed E-state index contributed by atoms with van der Waals surface area (Å²) in [7, 11) is 1.66. The van der Waals surface area contributed by atoms with Gasteiger partial charge in [-0.3, -0.25) is 25.2 Å². The van der Waals surface area contributed by atoms with E-state index in [0.717, 1.165) is 75.6 Å². The Morgan fingerprint density at radius 1 is 0.860 bits per heavy atom. The average molecular weight is 590 g/mol. The van der Waals surface area contributed by atoms with E-state index in [1.165, 1.54) is 4.90 Å². The van der Waals surface area contributed by atoms with Crippen LogP contribution in [0.3, 0.4) is 0 Å². The summed E-state index contributed by atoms with van der Waals surface area (Å²) >= 11 is 0. The van der Waals surface area contributed by atoms with Crippen LogP contribution in [0.15, 0.2) is 48.5 Å². The van der Waals surface area contributed by atoms with E-state index in [9.17, 15) is 19.2 Å². The quantitative estimate of drug-likeness (QED) is 0.356. The number of urea groups is 1. The summed E-state index contributed by atoms with van der Waals surface area (Å²) in [5.41, 5.74) is 7.93. The number of hydrogen-bond donors (Lipinski definition) is 4. The van der Waals surface area contributed by atoms with Gasteiger partial charge >= 0.3 is 12.0 Å². The molecule has 4 saturated heterocycles. The number of carbonyl (C=O) groups excluding carboxylic acids is 3. The summed E-state index contributed by atoms with van der Waals surface area (Å²) in [5.74, 6) is -1.54. The van der Waals surface area contributed by atoms with Gasteiger partial charge in [0.2, 0.25) is 11.8 Å². The second kappa shape index (κ2) is 11.8. The van der Waals surface area contributed by atoms with Gasteiger partial charge in [-0.1, -0.05) is 12.1 Å². The molecule has 2 atom stereocenters. The number of hydrogen-bond acceptors (Lipinski definition) is 8. The van der Waals surface area contributed by atoms with Crippen molar-refractivity contribution in [1.29, 1.82) is 0 Å². The normalized spacial score (nSPS) is 25.6. The van der Waals surface area contributed by atoms with Crippen LogP contribution in [0.1, 0.15) is 41.6 Å². The van der Waals surface area contributed by atoms with E-state index in [1.807, 2.05) is 24.3 Å². The Kier molecular flexibility index (Phi) is 7.97. The number of carboxylic acid groups (broad SMARTS) is 1. The van der Waals surface area contributed by atoms with Gasteiger partial charge in [0.15, 0.2) is 0 Å². The van der Waals surface area contributed by atoms with Crippen LogP contribution in [-0.2, 0) is 15.3 Å². The number of aromatic carboxylic acids is 1. The minimum absolute atomic E-state index is 0.228. The number of imide groups is 1. The van der Waals surface area contributed by atoms with Crippen molar-refractivity contribution >= 4 is 35.2 Å². The van der Waals surface area contributed by atoms with Crippen molar-refractivity contribution in [2.45, 2.75) is 31.3 Å². The summed E-state index contributed by atoms with van der Waals surface area (Å²) in [6.45, 7) is 6.87. The van der Waals surface area contributed by atoms with Crippen LogP contribution in [0.25, 0.3) is 0 Å². The van der Waals surface area contributed by atoms with Crippen molar-refractivity contribution in [3.05, 3.63) is 59.7 Å². The third-order valence-corrected chi connectivity index (χ3v) is 9.59. The van der Waals surface area contributed by atoms with E-state index in [-0.39, 0.29) is 24.3 Å². The minimum atomic E-state index is -1.09. The molecule has 4 aliphatic rings. The molecule has 0 spiro atoms. The second-order valence-electron chi connectivity index (χ2n) is 12.0. The zero-order valence-electron chi connectivity index (χ0n) is 24.4. The molecule has 4 aliphatic heterocycles. The SMILES string of the molecule is CN1C(=O)NNC1(c1ccc(N2CCN(CC3CCN(c4ccc(C(=O)O)cc4)CC3)CC2)cc1)C1CCC(=O)NC1=O. The largest absolute Gasteiger partial charge is 0.478 e. The van der Waals surface area contributed by atoms with Gasteiger partial charge in [0, 0.05) is 70.7 Å². The molecular weight excluding hydrogens is 550 g/mol. The number of hydrazine groups is 1. The molecule has 0 radical (unpaired) electrons. The van der Waals surface area contributed by atoms with Gasteiger partial charge in [-0.25, -0.2) is 15.0 Å². The summed E-state index contributed by atoms with van der Waals surface area (Å²) in [5, 5.41) is 11.6. The molecule has 4 N–H and O–H groups in total. The summed E-state index contributed by atoms with van der Waals surface area (Å²) in [4.78, 5) is 57.1. The van der Waals surface area contributed by atoms with Crippen molar-refractivity contribution in [3.8, 4) is 0 Å². The first-order valence-corrected chi connectivity index (χ1v) is 15.1. The maximum absolute atomic E-state index is 12.9. The van der Waals surface area contributed by atoms with Gasteiger partial charge < -0.3 is 19.8 Å². The third-order valence-electron chi connectivity index (χ3n) is 9.59. The van der Waals surface area contributed by atoms with E-state index < -0.39 is 17.6 Å². The topological polar surface area (TPSA) is 138 Å². The summed E-state index contributed by atoms with van der Waals surface area (Å²) in [6, 6.07) is 14.9. The maximum Gasteiger partial charge on any atom is 0.335 e. The molecule has 0 saturated carbocycles. The van der Waals surface area contributed by atoms with Crippen LogP contribution in [0.2, 0.25) is 0 Å². The molecule has 4 fully saturated rings. The number of piperazine rings is 1. The number of anilines is 2. The fourth-order valence-corrected chi connectivity index (χ4v) is 7.03. The molecule has 12 nitrogen and oxygen atoms in total. The van der Waals surface area contributed by atoms with Crippen molar-refractivity contribution in [3.63, 3.8) is 0 Å². The first kappa shape index (κ1) is 28.9. The molecule has 0 bridgehead atoms. The Labute approximate surface area is 250 Å². The van der Waals surface area contributed by atoms with Crippen molar-refractivity contribution < 1.29 is 24.3 Å². The smallest absolute Gasteiger partial charge is 0.335 e. The Morgan fingerprint density at radius 2 is 1.47 bits per heavy atom. The number of carboxylic acids is 1. The highest BCUT2D eigenvalue weighted by molar-refractivity contribution is 5.99. The van der Waals surface area contributed by atoms with E-state index in [0.29, 0.717) is 17.9 Å². The highest BCUT2D eigenvalue weighted by atomic mass is 16.4. The number of nitrogens with zero attached hydrogens (tertiary/aromatic N) is 4. The molecule has 2 aromatic carbocycles. The lowest BCUT2D eigenvalue weighted by molar-refractivity contribution is -0.141. The van der Waals surface area contributed by atoms with Gasteiger partial charge in [-0.05, 0) is 67.1 Å². The predicted octanol–water partition coefficient (Wildman–Crippen LogP) is 1.79. The number of nitrogens with one attached hydrogen (secondary N) is 3. The van der Waals surface area contributed by atoms with Crippen LogP contribution in [0.4, 0.5) is 16.2 Å². The number of piperidine rings is 2. The number of rotatable bonds is 7. The third kappa shape index (κ3) is 5.64. The maximum atomic E-state index is 12.9. The van der Waals surface area contributed by atoms with E-state index >= 15 is 0 Å². The molecule has 2 unspecified atom stereocenters. The van der Waals surface area contributed by atoms with Crippen LogP contribution in [-0.4, -0.2) is 91.6 Å². The monoisotopic (exact) mass is 589 g/mol. The molecular formula is C31H39N7O5. The molecule has 2 aromatic rings. The van der Waals surface area contributed by atoms with Gasteiger partial charge in [-0.2, -0.15) is 0 Å². The lowest BCUT2D eigenvalue weighted by atomic mass is 9.80. The van der Waals surface area contributed by atoms with Crippen molar-refractivity contribution in [2.24, 2.45) is 11.8 Å². The molecule has 4 amide bonds. The predicted molar refractivity (Wildman–Crippen MR) is 160 cm³/mol. The van der Waals surface area contributed by atoms with Gasteiger partial charge in [0.1, 0.15) is 5.66 Å². The Balaban J connectivity index is 1.03. The van der Waals surface area contributed by atoms with Crippen molar-refractivity contribution in [1.82, 2.24) is 26.0 Å². The molecule has 6 rings (SSSR count). The Morgan fingerprint density at radius 3 is 2.02 bits per heavy atom. The molecule has 43 heavy (non-hydrogen) atoms. The second-order valence-corrected chi connectivity index (χ2v) is 12.0. The standard InChI is InChI=1S/C31H39N7O5/c1-35-30(43)33-34-31(35,26-10-11-27(39)32-28(26)40)23-4-8-25(9-5-23)38-18-16-36(17-19-38)20-21-12-14-37(15-13-21)24-6-2-22(3-7-24)29(41)42/h2-9,21,26,34H,10-20H2,1H3,(H,33,43)(H,41,42)(H,32,39,40). The number of amides is 4. The van der Waals surface area contributed by atoms with E-state index in [2.05, 4.69) is 43.0 Å². The number of carbonyl (C=O) groups is 4. The Hall–Kier alpha value is -4.16. The van der Waals surface area contributed by atoms with Gasteiger partial charge in [0.05, 0.1) is 11.5 Å². The molecule has 0 aliphatic carbocycles. The summed E-state index contributed by atoms with van der Waals surface area (Å²) in [6.07, 6.45) is 2.82.